The summed E-state index contributed by atoms with van der Waals surface area (Å²) in [5.41, 5.74) is 0.0321. The van der Waals surface area contributed by atoms with Crippen molar-refractivity contribution < 1.29 is 24.1 Å². The van der Waals surface area contributed by atoms with Crippen LogP contribution in [0.4, 0.5) is 5.69 Å². The quantitative estimate of drug-likeness (QED) is 0.153. The van der Waals surface area contributed by atoms with Gasteiger partial charge in [0.25, 0.3) is 23.4 Å². The van der Waals surface area contributed by atoms with Crippen LogP contribution in [0.2, 0.25) is 5.02 Å². The molecule has 186 valence electrons. The van der Waals surface area contributed by atoms with Crippen LogP contribution in [-0.2, 0) is 9.59 Å². The van der Waals surface area contributed by atoms with Gasteiger partial charge < -0.3 is 0 Å². The van der Waals surface area contributed by atoms with E-state index in [4.69, 9.17) is 11.6 Å². The van der Waals surface area contributed by atoms with E-state index in [1.807, 2.05) is 0 Å². The number of hydrogen-bond acceptors (Lipinski definition) is 6. The summed E-state index contributed by atoms with van der Waals surface area (Å²) in [7, 11) is 0. The van der Waals surface area contributed by atoms with Crippen LogP contribution in [-0.4, -0.2) is 54.6 Å². The molecule has 3 aliphatic rings. The zero-order valence-corrected chi connectivity index (χ0v) is 22.4. The molecule has 2 bridgehead atoms. The number of nitro benzene ring substituents is 1. The molecule has 0 radical (unpaired) electrons. The number of rotatable bonds is 6. The number of halogens is 3. The number of imide groups is 1. The molecular formula is C24H18Br2ClN3O6. The van der Waals surface area contributed by atoms with Crippen molar-refractivity contribution in [2.75, 3.05) is 6.54 Å². The molecule has 2 saturated carbocycles. The van der Waals surface area contributed by atoms with Crippen molar-refractivity contribution in [1.82, 2.24) is 10.0 Å². The number of nitrogens with zero attached hydrogens (tertiary/aromatic N) is 3. The number of alkyl halides is 2. The Morgan fingerprint density at radius 1 is 0.944 bits per heavy atom. The molecule has 0 unspecified atom stereocenters. The molecule has 36 heavy (non-hydrogen) atoms. The first kappa shape index (κ1) is 25.0. The molecule has 9 nitrogen and oxygen atoms in total. The summed E-state index contributed by atoms with van der Waals surface area (Å²) in [6, 6.07) is 10.8. The first-order valence-electron chi connectivity index (χ1n) is 11.1. The maximum Gasteiger partial charge on any atom is 0.273 e. The molecule has 0 N–H and O–H groups in total. The Morgan fingerprint density at radius 2 is 1.44 bits per heavy atom. The predicted octanol–water partition coefficient (Wildman–Crippen LogP) is 4.27. The van der Waals surface area contributed by atoms with Gasteiger partial charge in [-0.05, 0) is 54.7 Å². The number of fused-ring (bicyclic) bond motifs is 5. The minimum absolute atomic E-state index is 0.00173. The van der Waals surface area contributed by atoms with E-state index in [0.29, 0.717) is 11.4 Å². The van der Waals surface area contributed by atoms with Crippen LogP contribution in [0.15, 0.2) is 48.5 Å². The minimum atomic E-state index is -0.785. The summed E-state index contributed by atoms with van der Waals surface area (Å²) < 4.78 is 0. The minimum Gasteiger partial charge on any atom is -0.292 e. The van der Waals surface area contributed by atoms with Gasteiger partial charge in [-0.3, -0.25) is 29.3 Å². The number of ketones is 1. The Bertz CT molecular complexity index is 1260. The Balaban J connectivity index is 1.50. The van der Waals surface area contributed by atoms with Gasteiger partial charge in [0.15, 0.2) is 5.78 Å². The van der Waals surface area contributed by atoms with Crippen LogP contribution in [0.25, 0.3) is 0 Å². The molecule has 12 heteroatoms. The third kappa shape index (κ3) is 3.97. The van der Waals surface area contributed by atoms with E-state index in [1.165, 1.54) is 36.4 Å². The average Bonchev–Trinajstić information content (AvgIpc) is 3.47. The summed E-state index contributed by atoms with van der Waals surface area (Å²) in [6.07, 6.45) is 0.715. The van der Waals surface area contributed by atoms with Gasteiger partial charge in [0.2, 0.25) is 0 Å². The number of amides is 3. The van der Waals surface area contributed by atoms with E-state index in [1.54, 1.807) is 0 Å². The first-order chi connectivity index (χ1) is 17.1. The normalized spacial score (nSPS) is 28.4. The summed E-state index contributed by atoms with van der Waals surface area (Å²) in [5.74, 6) is -3.63. The lowest BCUT2D eigenvalue weighted by Gasteiger charge is -2.30. The molecule has 3 fully saturated rings. The number of Topliss-reactive ketones (excluding diaryl/α,β-unsaturated/α-hetero) is 1. The summed E-state index contributed by atoms with van der Waals surface area (Å²) in [4.78, 5) is 64.3. The van der Waals surface area contributed by atoms with Gasteiger partial charge in [-0.15, -0.1) is 0 Å². The molecule has 0 spiro atoms. The molecule has 2 aliphatic carbocycles. The molecule has 6 atom stereocenters. The van der Waals surface area contributed by atoms with Crippen LogP contribution >= 0.6 is 43.5 Å². The van der Waals surface area contributed by atoms with Crippen molar-refractivity contribution in [2.24, 2.45) is 23.7 Å². The molecule has 1 saturated heterocycles. The smallest absolute Gasteiger partial charge is 0.273 e. The van der Waals surface area contributed by atoms with Crippen molar-refractivity contribution in [3.05, 3.63) is 74.8 Å². The molecule has 2 aromatic rings. The highest BCUT2D eigenvalue weighted by Crippen LogP contribution is 2.60. The molecule has 2 aromatic carbocycles. The number of non-ortho nitro benzene ring substituents is 1. The highest BCUT2D eigenvalue weighted by Gasteiger charge is 2.67. The van der Waals surface area contributed by atoms with E-state index < -0.39 is 46.8 Å². The van der Waals surface area contributed by atoms with Gasteiger partial charge in [0, 0.05) is 37.9 Å². The second-order valence-electron chi connectivity index (χ2n) is 9.09. The van der Waals surface area contributed by atoms with E-state index in [2.05, 4.69) is 31.9 Å². The highest BCUT2D eigenvalue weighted by atomic mass is 79.9. The number of benzene rings is 2. The number of hydrogen-bond donors (Lipinski definition) is 0. The summed E-state index contributed by atoms with van der Waals surface area (Å²) in [5, 5.41) is 13.1. The second kappa shape index (κ2) is 9.35. The van der Waals surface area contributed by atoms with Crippen molar-refractivity contribution in [3.8, 4) is 0 Å². The first-order valence-corrected chi connectivity index (χ1v) is 13.3. The maximum absolute atomic E-state index is 13.6. The van der Waals surface area contributed by atoms with Crippen molar-refractivity contribution in [3.63, 3.8) is 0 Å². The van der Waals surface area contributed by atoms with Gasteiger partial charge in [-0.2, -0.15) is 5.01 Å². The second-order valence-corrected chi connectivity index (χ2v) is 11.6. The molecular weight excluding hydrogens is 622 g/mol. The van der Waals surface area contributed by atoms with E-state index in [-0.39, 0.29) is 38.3 Å². The molecule has 3 amide bonds. The van der Waals surface area contributed by atoms with Gasteiger partial charge in [0.05, 0.1) is 16.8 Å². The number of carbonyl (C=O) groups is 4. The van der Waals surface area contributed by atoms with Crippen LogP contribution in [0.3, 0.4) is 0 Å². The zero-order valence-electron chi connectivity index (χ0n) is 18.4. The summed E-state index contributed by atoms with van der Waals surface area (Å²) in [6.45, 7) is -0.570. The lowest BCUT2D eigenvalue weighted by Crippen LogP contribution is -2.52. The Labute approximate surface area is 227 Å². The standard InChI is InChI=1S/C24H18Br2ClN3O6/c25-20-15-9-16(21(20)26)19-18(15)23(33)29(24(19)34)28(10-17(31)11-1-5-13(27)6-2-11)22(32)12-3-7-14(8-4-12)30(35)36/h1-8,15-16,18-21H,9-10H2/t15-,16-,18-,19+,20+,21+/m1/s1. The van der Waals surface area contributed by atoms with E-state index >= 15 is 0 Å². The van der Waals surface area contributed by atoms with E-state index in [9.17, 15) is 29.3 Å². The van der Waals surface area contributed by atoms with Gasteiger partial charge in [-0.25, -0.2) is 5.01 Å². The Kier molecular flexibility index (Phi) is 6.50. The van der Waals surface area contributed by atoms with Gasteiger partial charge >= 0.3 is 0 Å². The Hall–Kier alpha value is -2.63. The Morgan fingerprint density at radius 3 is 1.94 bits per heavy atom. The fourth-order valence-electron chi connectivity index (χ4n) is 5.54. The SMILES string of the molecule is O=C(CN(C(=O)c1ccc([N+](=O)[O-])cc1)N1C(=O)[C@@H]2[C@H]3C[C@@H]([C@H](Br)[C@H]3Br)[C@@H]2C1=O)c1ccc(Cl)cc1. The van der Waals surface area contributed by atoms with Crippen LogP contribution in [0.1, 0.15) is 27.1 Å². The maximum atomic E-state index is 13.6. The van der Waals surface area contributed by atoms with E-state index in [0.717, 1.165) is 22.2 Å². The van der Waals surface area contributed by atoms with Crippen molar-refractivity contribution in [2.45, 2.75) is 16.1 Å². The van der Waals surface area contributed by atoms with Gasteiger partial charge in [-0.1, -0.05) is 43.5 Å². The summed E-state index contributed by atoms with van der Waals surface area (Å²) >= 11 is 13.2. The number of nitro groups is 1. The number of hydrazine groups is 1. The monoisotopic (exact) mass is 637 g/mol. The fourth-order valence-corrected chi connectivity index (χ4v) is 7.54. The topological polar surface area (TPSA) is 118 Å². The van der Waals surface area contributed by atoms with Crippen LogP contribution in [0, 0.1) is 33.8 Å². The molecule has 5 rings (SSSR count). The zero-order chi connectivity index (χ0) is 25.9. The third-order valence-corrected chi connectivity index (χ3v) is 10.7. The molecule has 1 aliphatic heterocycles. The third-order valence-electron chi connectivity index (χ3n) is 7.22. The van der Waals surface area contributed by atoms with Crippen molar-refractivity contribution in [1.29, 1.82) is 0 Å². The number of carbonyl (C=O) groups excluding carboxylic acids is 4. The predicted molar refractivity (Wildman–Crippen MR) is 136 cm³/mol. The average molecular weight is 640 g/mol. The van der Waals surface area contributed by atoms with Crippen LogP contribution < -0.4 is 0 Å². The lowest BCUT2D eigenvalue weighted by molar-refractivity contribution is -0.384. The molecule has 1 heterocycles. The van der Waals surface area contributed by atoms with Crippen LogP contribution in [0.5, 0.6) is 0 Å². The fraction of sp³-hybridized carbons (Fsp3) is 0.333. The lowest BCUT2D eigenvalue weighted by atomic mass is 9.81. The molecule has 0 aromatic heterocycles. The van der Waals surface area contributed by atoms with Crippen molar-refractivity contribution >= 4 is 72.7 Å². The largest absolute Gasteiger partial charge is 0.292 e. The van der Waals surface area contributed by atoms with Gasteiger partial charge in [0.1, 0.15) is 6.54 Å². The highest BCUT2D eigenvalue weighted by molar-refractivity contribution is 9.12.